The Balaban J connectivity index is 1.74. The Kier molecular flexibility index (Phi) is 6.77. The second kappa shape index (κ2) is 9.53. The maximum atomic E-state index is 13.4. The lowest BCUT2D eigenvalue weighted by Crippen LogP contribution is -2.36. The van der Waals surface area contributed by atoms with Crippen LogP contribution in [0.1, 0.15) is 63.0 Å². The van der Waals surface area contributed by atoms with E-state index in [-0.39, 0.29) is 17.5 Å². The zero-order chi connectivity index (χ0) is 22.0. The molecule has 8 heteroatoms. The van der Waals surface area contributed by atoms with Gasteiger partial charge in [0.2, 0.25) is 0 Å². The van der Waals surface area contributed by atoms with E-state index in [4.69, 9.17) is 17.2 Å². The fourth-order valence-electron chi connectivity index (χ4n) is 4.25. The molecule has 1 aliphatic carbocycles. The molecule has 31 heavy (non-hydrogen) atoms. The van der Waals surface area contributed by atoms with E-state index in [1.165, 1.54) is 11.8 Å². The summed E-state index contributed by atoms with van der Waals surface area (Å²) in [5, 5.41) is 3.34. The summed E-state index contributed by atoms with van der Waals surface area (Å²) in [6.07, 6.45) is 10.9. The van der Waals surface area contributed by atoms with E-state index in [0.29, 0.717) is 26.3 Å². The number of pyridine rings is 1. The van der Waals surface area contributed by atoms with Crippen LogP contribution in [-0.4, -0.2) is 37.1 Å². The van der Waals surface area contributed by atoms with Crippen LogP contribution in [0.4, 0.5) is 5.82 Å². The number of anilines is 1. The lowest BCUT2D eigenvalue weighted by molar-refractivity contribution is -0.123. The Morgan fingerprint density at radius 1 is 1.29 bits per heavy atom. The van der Waals surface area contributed by atoms with Crippen LogP contribution < -0.4 is 10.9 Å². The van der Waals surface area contributed by atoms with Gasteiger partial charge < -0.3 is 5.32 Å². The van der Waals surface area contributed by atoms with Crippen LogP contribution in [0.5, 0.6) is 0 Å². The van der Waals surface area contributed by atoms with E-state index in [1.807, 2.05) is 19.1 Å². The number of fused-ring (bicyclic) bond motifs is 1. The highest BCUT2D eigenvalue weighted by Gasteiger charge is 2.38. The fourth-order valence-corrected chi connectivity index (χ4v) is 5.63. The summed E-state index contributed by atoms with van der Waals surface area (Å²) in [5.41, 5.74) is 1.78. The van der Waals surface area contributed by atoms with Gasteiger partial charge in [0.1, 0.15) is 15.8 Å². The Morgan fingerprint density at radius 3 is 2.81 bits per heavy atom. The third-order valence-corrected chi connectivity index (χ3v) is 7.28. The van der Waals surface area contributed by atoms with Crippen molar-refractivity contribution in [2.24, 2.45) is 0 Å². The molecule has 1 aliphatic heterocycles. The number of thioether (sulfide) groups is 1. The molecule has 164 valence electrons. The monoisotopic (exact) mass is 456 g/mol. The molecule has 0 spiro atoms. The van der Waals surface area contributed by atoms with Gasteiger partial charge in [0, 0.05) is 18.8 Å². The normalized spacial score (nSPS) is 18.6. The summed E-state index contributed by atoms with van der Waals surface area (Å²) < 4.78 is 2.14. The average Bonchev–Trinajstić information content (AvgIpc) is 3.36. The van der Waals surface area contributed by atoms with E-state index < -0.39 is 0 Å². The number of nitrogens with zero attached hydrogens (tertiary/aromatic N) is 3. The van der Waals surface area contributed by atoms with Gasteiger partial charge in [0.25, 0.3) is 11.5 Å². The highest BCUT2D eigenvalue weighted by atomic mass is 32.2. The van der Waals surface area contributed by atoms with Gasteiger partial charge in [-0.2, -0.15) is 0 Å². The Bertz CT molecular complexity index is 1100. The number of hydrogen-bond acceptors (Lipinski definition) is 6. The fraction of sp³-hybridized carbons (Fsp3) is 0.478. The van der Waals surface area contributed by atoms with Crippen molar-refractivity contribution in [1.29, 1.82) is 0 Å². The summed E-state index contributed by atoms with van der Waals surface area (Å²) in [7, 11) is 0. The number of hydrogen-bond donors (Lipinski definition) is 1. The highest BCUT2D eigenvalue weighted by Crippen LogP contribution is 2.38. The molecule has 0 unspecified atom stereocenters. The van der Waals surface area contributed by atoms with E-state index >= 15 is 0 Å². The van der Waals surface area contributed by atoms with E-state index in [2.05, 4.69) is 12.2 Å². The van der Waals surface area contributed by atoms with Crippen molar-refractivity contribution in [3.63, 3.8) is 0 Å². The first-order valence-electron chi connectivity index (χ1n) is 11.0. The quantitative estimate of drug-likeness (QED) is 0.368. The Labute approximate surface area is 192 Å². The number of thiocarbonyl (C=S) groups is 1. The molecule has 0 atom stereocenters. The van der Waals surface area contributed by atoms with Crippen molar-refractivity contribution in [3.8, 4) is 0 Å². The average molecular weight is 457 g/mol. The molecule has 2 aromatic rings. The predicted octanol–water partition coefficient (Wildman–Crippen LogP) is 4.75. The maximum Gasteiger partial charge on any atom is 0.267 e. The van der Waals surface area contributed by atoms with Gasteiger partial charge in [-0.3, -0.25) is 18.9 Å². The molecule has 0 bridgehead atoms. The van der Waals surface area contributed by atoms with Crippen LogP contribution in [0.15, 0.2) is 28.0 Å². The predicted molar refractivity (Wildman–Crippen MR) is 131 cm³/mol. The number of amides is 1. The largest absolute Gasteiger partial charge is 0.369 e. The van der Waals surface area contributed by atoms with E-state index in [0.717, 1.165) is 57.1 Å². The molecule has 2 aromatic heterocycles. The number of rotatable bonds is 7. The van der Waals surface area contributed by atoms with Gasteiger partial charge in [-0.15, -0.1) is 0 Å². The van der Waals surface area contributed by atoms with Crippen LogP contribution in [0.3, 0.4) is 0 Å². The van der Waals surface area contributed by atoms with Crippen LogP contribution >= 0.6 is 24.0 Å². The maximum absolute atomic E-state index is 13.4. The summed E-state index contributed by atoms with van der Waals surface area (Å²) in [4.78, 5) is 33.5. The molecule has 1 saturated carbocycles. The molecule has 2 fully saturated rings. The summed E-state index contributed by atoms with van der Waals surface area (Å²) in [5.74, 6) is 0.439. The zero-order valence-electron chi connectivity index (χ0n) is 18.0. The molecule has 1 amide bonds. The molecule has 0 aromatic carbocycles. The van der Waals surface area contributed by atoms with Gasteiger partial charge >= 0.3 is 0 Å². The molecule has 4 rings (SSSR count). The SMILES string of the molecule is CCCCCNc1nc2c(C)cccn2c(=O)c1C=C1SC(=S)N(C2CCCC2)C1=O. The molecule has 1 saturated heterocycles. The Hall–Kier alpha value is -2.19. The topological polar surface area (TPSA) is 66.7 Å². The number of unbranched alkanes of at least 4 members (excludes halogenated alkanes) is 2. The van der Waals surface area contributed by atoms with Crippen molar-refractivity contribution in [1.82, 2.24) is 14.3 Å². The molecule has 0 radical (unpaired) electrons. The van der Waals surface area contributed by atoms with Crippen molar-refractivity contribution in [3.05, 3.63) is 44.7 Å². The number of aryl methyl sites for hydroxylation is 1. The van der Waals surface area contributed by atoms with E-state index in [9.17, 15) is 9.59 Å². The van der Waals surface area contributed by atoms with Crippen LogP contribution in [0, 0.1) is 6.92 Å². The Morgan fingerprint density at radius 2 is 2.06 bits per heavy atom. The zero-order valence-corrected chi connectivity index (χ0v) is 19.7. The second-order valence-electron chi connectivity index (χ2n) is 8.19. The second-order valence-corrected chi connectivity index (χ2v) is 9.86. The molecular formula is C23H28N4O2S2. The standard InChI is InChI=1S/C23H28N4O2S2/c1-3-4-7-12-24-19-17(21(28)26-13-8-9-15(2)20(26)25-19)14-18-22(29)27(23(30)31-18)16-10-5-6-11-16/h8-9,13-14,16,24H,3-7,10-12H2,1-2H3. The highest BCUT2D eigenvalue weighted by molar-refractivity contribution is 8.26. The van der Waals surface area contributed by atoms with Crippen LogP contribution in [0.2, 0.25) is 0 Å². The summed E-state index contributed by atoms with van der Waals surface area (Å²) in [6.45, 7) is 4.82. The van der Waals surface area contributed by atoms with Crippen LogP contribution in [0.25, 0.3) is 11.7 Å². The van der Waals surface area contributed by atoms with Crippen molar-refractivity contribution in [2.45, 2.75) is 64.8 Å². The first-order chi connectivity index (χ1) is 15.0. The minimum Gasteiger partial charge on any atom is -0.369 e. The van der Waals surface area contributed by atoms with Crippen molar-refractivity contribution in [2.75, 3.05) is 11.9 Å². The van der Waals surface area contributed by atoms with Crippen molar-refractivity contribution < 1.29 is 4.79 Å². The van der Waals surface area contributed by atoms with Gasteiger partial charge in [-0.1, -0.05) is 62.7 Å². The van der Waals surface area contributed by atoms with Gasteiger partial charge in [0.05, 0.1) is 10.5 Å². The molecule has 3 heterocycles. The first kappa shape index (κ1) is 22.0. The molecule has 1 N–H and O–H groups in total. The lowest BCUT2D eigenvalue weighted by atomic mass is 10.2. The van der Waals surface area contributed by atoms with E-state index in [1.54, 1.807) is 21.6 Å². The third kappa shape index (κ3) is 4.41. The lowest BCUT2D eigenvalue weighted by Gasteiger charge is -2.21. The molecule has 2 aliphatic rings. The third-order valence-electron chi connectivity index (χ3n) is 5.95. The van der Waals surface area contributed by atoms with Crippen molar-refractivity contribution >= 4 is 51.7 Å². The smallest absolute Gasteiger partial charge is 0.267 e. The summed E-state index contributed by atoms with van der Waals surface area (Å²) in [6, 6.07) is 3.96. The van der Waals surface area contributed by atoms with Gasteiger partial charge in [-0.05, 0) is 43.9 Å². The molecular weight excluding hydrogens is 428 g/mol. The number of carbonyl (C=O) groups is 1. The molecule has 6 nitrogen and oxygen atoms in total. The first-order valence-corrected chi connectivity index (χ1v) is 12.3. The minimum absolute atomic E-state index is 0.0902. The number of aromatic nitrogens is 2. The van der Waals surface area contributed by atoms with Crippen LogP contribution in [-0.2, 0) is 4.79 Å². The summed E-state index contributed by atoms with van der Waals surface area (Å²) >= 11 is 6.81. The number of carbonyl (C=O) groups excluding carboxylic acids is 1. The minimum atomic E-state index is -0.183. The van der Waals surface area contributed by atoms with Gasteiger partial charge in [0.15, 0.2) is 0 Å². The number of nitrogens with one attached hydrogen (secondary N) is 1. The van der Waals surface area contributed by atoms with Gasteiger partial charge in [-0.25, -0.2) is 4.98 Å².